The van der Waals surface area contributed by atoms with Gasteiger partial charge in [0.1, 0.15) is 21.6 Å². The van der Waals surface area contributed by atoms with E-state index in [0.717, 1.165) is 18.4 Å². The Labute approximate surface area is 115 Å². The van der Waals surface area contributed by atoms with Crippen LogP contribution in [0.25, 0.3) is 0 Å². The molecule has 0 amide bonds. The molecule has 1 aromatic carbocycles. The molecule has 5 heteroatoms. The van der Waals surface area contributed by atoms with E-state index < -0.39 is 5.60 Å². The zero-order valence-corrected chi connectivity index (χ0v) is 12.2. The van der Waals surface area contributed by atoms with E-state index >= 15 is 0 Å². The molecule has 1 aliphatic carbocycles. The molecule has 1 unspecified atom stereocenters. The van der Waals surface area contributed by atoms with Crippen molar-refractivity contribution < 1.29 is 14.6 Å². The predicted molar refractivity (Wildman–Crippen MR) is 72.9 cm³/mol. The van der Waals surface area contributed by atoms with Crippen LogP contribution in [0.15, 0.2) is 16.6 Å². The van der Waals surface area contributed by atoms with Crippen molar-refractivity contribution >= 4 is 15.9 Å². The second-order valence-corrected chi connectivity index (χ2v) is 5.36. The second-order valence-electron chi connectivity index (χ2n) is 4.57. The maximum absolute atomic E-state index is 10.8. The van der Waals surface area contributed by atoms with E-state index in [1.807, 2.05) is 12.1 Å². The topological polar surface area (TPSA) is 64.7 Å². The Morgan fingerprint density at radius 1 is 1.39 bits per heavy atom. The van der Waals surface area contributed by atoms with Gasteiger partial charge in [-0.2, -0.15) is 0 Å². The smallest absolute Gasteiger partial charge is 0.142 e. The minimum Gasteiger partial charge on any atom is -0.495 e. The van der Waals surface area contributed by atoms with Gasteiger partial charge in [-0.15, -0.1) is 0 Å². The molecule has 3 N–H and O–H groups in total. The summed E-state index contributed by atoms with van der Waals surface area (Å²) in [4.78, 5) is 0. The van der Waals surface area contributed by atoms with E-state index in [0.29, 0.717) is 16.0 Å². The summed E-state index contributed by atoms with van der Waals surface area (Å²) in [7, 11) is 3.17. The van der Waals surface area contributed by atoms with Crippen molar-refractivity contribution in [2.45, 2.75) is 18.4 Å². The number of aliphatic hydroxyl groups is 1. The van der Waals surface area contributed by atoms with E-state index in [-0.39, 0.29) is 12.5 Å². The third-order valence-corrected chi connectivity index (χ3v) is 4.27. The summed E-state index contributed by atoms with van der Waals surface area (Å²) in [5, 5.41) is 10.8. The average Bonchev–Trinajstić information content (AvgIpc) is 3.22. The van der Waals surface area contributed by atoms with Crippen LogP contribution in [0.5, 0.6) is 11.5 Å². The molecule has 0 heterocycles. The molecule has 1 fully saturated rings. The SMILES string of the molecule is COc1ccc(C(O)(CN)C2CC2)c(OC)c1Br. The van der Waals surface area contributed by atoms with Gasteiger partial charge in [0.25, 0.3) is 0 Å². The van der Waals surface area contributed by atoms with E-state index in [4.69, 9.17) is 15.2 Å². The molecule has 0 radical (unpaired) electrons. The zero-order chi connectivity index (χ0) is 13.3. The molecule has 1 atom stereocenters. The molecule has 1 saturated carbocycles. The van der Waals surface area contributed by atoms with Crippen molar-refractivity contribution in [1.29, 1.82) is 0 Å². The highest BCUT2D eigenvalue weighted by atomic mass is 79.9. The molecule has 2 rings (SSSR count). The third kappa shape index (κ3) is 2.11. The van der Waals surface area contributed by atoms with Crippen LogP contribution in [0, 0.1) is 5.92 Å². The lowest BCUT2D eigenvalue weighted by atomic mass is 9.88. The number of halogens is 1. The van der Waals surface area contributed by atoms with Crippen LogP contribution in [-0.2, 0) is 5.60 Å². The van der Waals surface area contributed by atoms with Gasteiger partial charge in [0.05, 0.1) is 14.2 Å². The number of rotatable bonds is 5. The first kappa shape index (κ1) is 13.6. The molecule has 0 aliphatic heterocycles. The largest absolute Gasteiger partial charge is 0.495 e. The molecule has 0 spiro atoms. The Kier molecular flexibility index (Phi) is 3.84. The Balaban J connectivity index is 2.53. The van der Waals surface area contributed by atoms with E-state index in [1.165, 1.54) is 0 Å². The number of methoxy groups -OCH3 is 2. The van der Waals surface area contributed by atoms with E-state index in [9.17, 15) is 5.11 Å². The molecule has 1 aliphatic rings. The van der Waals surface area contributed by atoms with Crippen LogP contribution in [0.1, 0.15) is 18.4 Å². The summed E-state index contributed by atoms with van der Waals surface area (Å²) in [6, 6.07) is 3.64. The van der Waals surface area contributed by atoms with E-state index in [1.54, 1.807) is 14.2 Å². The fourth-order valence-corrected chi connectivity index (χ4v) is 2.96. The molecule has 0 saturated heterocycles. The fraction of sp³-hybridized carbons (Fsp3) is 0.538. The van der Waals surface area contributed by atoms with Crippen LogP contribution in [0.4, 0.5) is 0 Å². The first-order valence-corrected chi connectivity index (χ1v) is 6.71. The Bertz CT molecular complexity index is 448. The predicted octanol–water partition coefficient (Wildman–Crippen LogP) is 2.02. The van der Waals surface area contributed by atoms with Gasteiger partial charge >= 0.3 is 0 Å². The lowest BCUT2D eigenvalue weighted by Crippen LogP contribution is -2.37. The first-order chi connectivity index (χ1) is 8.58. The van der Waals surface area contributed by atoms with Gasteiger partial charge in [0.15, 0.2) is 0 Å². The van der Waals surface area contributed by atoms with Crippen molar-refractivity contribution in [1.82, 2.24) is 0 Å². The molecule has 18 heavy (non-hydrogen) atoms. The second kappa shape index (κ2) is 5.07. The summed E-state index contributed by atoms with van der Waals surface area (Å²) in [6.45, 7) is 0.187. The van der Waals surface area contributed by atoms with Gasteiger partial charge in [0.2, 0.25) is 0 Å². The zero-order valence-electron chi connectivity index (χ0n) is 10.6. The van der Waals surface area contributed by atoms with Crippen LogP contribution < -0.4 is 15.2 Å². The quantitative estimate of drug-likeness (QED) is 0.872. The van der Waals surface area contributed by atoms with Gasteiger partial charge in [0, 0.05) is 12.1 Å². The van der Waals surface area contributed by atoms with Crippen molar-refractivity contribution in [2.75, 3.05) is 20.8 Å². The maximum atomic E-state index is 10.8. The van der Waals surface area contributed by atoms with Gasteiger partial charge in [-0.3, -0.25) is 0 Å². The van der Waals surface area contributed by atoms with Crippen LogP contribution in [0.3, 0.4) is 0 Å². The van der Waals surface area contributed by atoms with Crippen molar-refractivity contribution in [3.05, 3.63) is 22.2 Å². The number of nitrogens with two attached hydrogens (primary N) is 1. The molecule has 0 aromatic heterocycles. The lowest BCUT2D eigenvalue weighted by molar-refractivity contribution is 0.0198. The molecule has 100 valence electrons. The Hall–Kier alpha value is -0.780. The van der Waals surface area contributed by atoms with Crippen LogP contribution >= 0.6 is 15.9 Å². The van der Waals surface area contributed by atoms with Crippen LogP contribution in [-0.4, -0.2) is 25.9 Å². The number of hydrogen-bond acceptors (Lipinski definition) is 4. The monoisotopic (exact) mass is 315 g/mol. The highest BCUT2D eigenvalue weighted by molar-refractivity contribution is 9.10. The standard InChI is InChI=1S/C13H18BrNO3/c1-17-10-6-5-9(12(18-2)11(10)14)13(16,7-15)8-3-4-8/h5-6,8,16H,3-4,7,15H2,1-2H3. The van der Waals surface area contributed by atoms with Crippen molar-refractivity contribution in [3.63, 3.8) is 0 Å². The molecule has 1 aromatic rings. The lowest BCUT2D eigenvalue weighted by Gasteiger charge is -2.29. The number of ether oxygens (including phenoxy) is 2. The minimum absolute atomic E-state index is 0.187. The molecule has 0 bridgehead atoms. The third-order valence-electron chi connectivity index (χ3n) is 3.52. The van der Waals surface area contributed by atoms with Crippen LogP contribution in [0.2, 0.25) is 0 Å². The summed E-state index contributed by atoms with van der Waals surface area (Å²) in [6.07, 6.45) is 2.00. The van der Waals surface area contributed by atoms with Crippen molar-refractivity contribution in [3.8, 4) is 11.5 Å². The van der Waals surface area contributed by atoms with Gasteiger partial charge in [-0.25, -0.2) is 0 Å². The first-order valence-electron chi connectivity index (χ1n) is 5.91. The Morgan fingerprint density at radius 2 is 2.06 bits per heavy atom. The van der Waals surface area contributed by atoms with Gasteiger partial charge in [-0.05, 0) is 46.8 Å². The summed E-state index contributed by atoms with van der Waals surface area (Å²) in [5.74, 6) is 1.48. The van der Waals surface area contributed by atoms with Gasteiger partial charge < -0.3 is 20.3 Å². The summed E-state index contributed by atoms with van der Waals surface area (Å²) < 4.78 is 11.3. The normalized spacial score (nSPS) is 18.3. The fourth-order valence-electron chi connectivity index (χ4n) is 2.29. The molecular formula is C13H18BrNO3. The average molecular weight is 316 g/mol. The summed E-state index contributed by atoms with van der Waals surface area (Å²) >= 11 is 3.44. The number of hydrogen-bond donors (Lipinski definition) is 2. The molecule has 4 nitrogen and oxygen atoms in total. The summed E-state index contributed by atoms with van der Waals surface area (Å²) in [5.41, 5.74) is 5.48. The van der Waals surface area contributed by atoms with Crippen molar-refractivity contribution in [2.24, 2.45) is 11.7 Å². The maximum Gasteiger partial charge on any atom is 0.142 e. The van der Waals surface area contributed by atoms with E-state index in [2.05, 4.69) is 15.9 Å². The van der Waals surface area contributed by atoms with Gasteiger partial charge in [-0.1, -0.05) is 0 Å². The highest BCUT2D eigenvalue weighted by Crippen LogP contribution is 2.50. The Morgan fingerprint density at radius 3 is 2.50 bits per heavy atom. The molecular weight excluding hydrogens is 298 g/mol. The minimum atomic E-state index is -1.01. The number of benzene rings is 1. The highest BCUT2D eigenvalue weighted by Gasteiger charge is 2.46.